The molecule has 3 aromatic rings. The largest absolute Gasteiger partial charge is 0.477 e. The van der Waals surface area contributed by atoms with Crippen molar-refractivity contribution in [3.8, 4) is 16.1 Å². The molecule has 1 aliphatic carbocycles. The van der Waals surface area contributed by atoms with Gasteiger partial charge in [-0.3, -0.25) is 0 Å². The van der Waals surface area contributed by atoms with Crippen molar-refractivity contribution in [2.24, 2.45) is 0 Å². The lowest BCUT2D eigenvalue weighted by Crippen LogP contribution is -2.07. The first-order valence-corrected chi connectivity index (χ1v) is 8.07. The van der Waals surface area contributed by atoms with Crippen molar-refractivity contribution < 1.29 is 14.3 Å². The Bertz CT molecular complexity index is 942. The van der Waals surface area contributed by atoms with Crippen LogP contribution in [0, 0.1) is 12.7 Å². The molecular weight excluding hydrogens is 315 g/mol. The second-order valence-corrected chi connectivity index (χ2v) is 6.62. The molecule has 2 aromatic heterocycles. The third-order valence-electron chi connectivity index (χ3n) is 4.09. The molecule has 0 aliphatic heterocycles. The zero-order valence-corrected chi connectivity index (χ0v) is 13.2. The van der Waals surface area contributed by atoms with Gasteiger partial charge in [0.25, 0.3) is 0 Å². The van der Waals surface area contributed by atoms with Crippen molar-refractivity contribution in [2.75, 3.05) is 0 Å². The minimum Gasteiger partial charge on any atom is -0.477 e. The molecule has 2 heterocycles. The molecule has 0 fully saturated rings. The Morgan fingerprint density at radius 3 is 2.91 bits per heavy atom. The molecule has 4 nitrogen and oxygen atoms in total. The molecule has 0 saturated heterocycles. The Hall–Kier alpha value is -2.47. The SMILES string of the molecule is Cc1nn(-c2cccc(F)c2)c2c1-c1sc(C(=O)O)cc1CC2. The van der Waals surface area contributed by atoms with E-state index in [-0.39, 0.29) is 5.82 Å². The summed E-state index contributed by atoms with van der Waals surface area (Å²) < 4.78 is 15.3. The van der Waals surface area contributed by atoms with Crippen molar-refractivity contribution in [3.05, 3.63) is 58.0 Å². The normalized spacial score (nSPS) is 12.8. The molecule has 116 valence electrons. The monoisotopic (exact) mass is 328 g/mol. The van der Waals surface area contributed by atoms with Gasteiger partial charge in [-0.15, -0.1) is 11.3 Å². The topological polar surface area (TPSA) is 55.1 Å². The third-order valence-corrected chi connectivity index (χ3v) is 5.27. The average molecular weight is 328 g/mol. The maximum Gasteiger partial charge on any atom is 0.345 e. The number of fused-ring (bicyclic) bond motifs is 3. The van der Waals surface area contributed by atoms with E-state index in [0.717, 1.165) is 40.2 Å². The highest BCUT2D eigenvalue weighted by atomic mass is 32.1. The molecule has 0 saturated carbocycles. The number of hydrogen-bond donors (Lipinski definition) is 1. The Labute approximate surface area is 135 Å². The van der Waals surface area contributed by atoms with Gasteiger partial charge in [-0.2, -0.15) is 5.10 Å². The molecule has 4 rings (SSSR count). The number of aromatic carboxylic acids is 1. The van der Waals surface area contributed by atoms with E-state index < -0.39 is 5.97 Å². The summed E-state index contributed by atoms with van der Waals surface area (Å²) >= 11 is 1.29. The molecule has 0 bridgehead atoms. The zero-order chi connectivity index (χ0) is 16.1. The predicted molar refractivity (Wildman–Crippen MR) is 85.9 cm³/mol. The average Bonchev–Trinajstić information content (AvgIpc) is 3.08. The van der Waals surface area contributed by atoms with E-state index in [0.29, 0.717) is 10.6 Å². The number of carboxylic acids is 1. The predicted octanol–water partition coefficient (Wildman–Crippen LogP) is 3.85. The van der Waals surface area contributed by atoms with E-state index in [4.69, 9.17) is 0 Å². The second-order valence-electron chi connectivity index (χ2n) is 5.57. The molecule has 0 atom stereocenters. The molecule has 1 aliphatic rings. The number of hydrogen-bond acceptors (Lipinski definition) is 3. The van der Waals surface area contributed by atoms with Gasteiger partial charge < -0.3 is 5.11 Å². The third kappa shape index (κ3) is 2.17. The number of rotatable bonds is 2. The van der Waals surface area contributed by atoms with E-state index >= 15 is 0 Å². The van der Waals surface area contributed by atoms with E-state index in [1.54, 1.807) is 16.8 Å². The van der Waals surface area contributed by atoms with E-state index in [2.05, 4.69) is 5.10 Å². The highest BCUT2D eigenvalue weighted by molar-refractivity contribution is 7.17. The van der Waals surface area contributed by atoms with E-state index in [1.165, 1.54) is 23.5 Å². The van der Waals surface area contributed by atoms with Crippen LogP contribution in [0.4, 0.5) is 4.39 Å². The van der Waals surface area contributed by atoms with Crippen LogP contribution in [0.3, 0.4) is 0 Å². The summed E-state index contributed by atoms with van der Waals surface area (Å²) in [6, 6.07) is 8.10. The van der Waals surface area contributed by atoms with E-state index in [9.17, 15) is 14.3 Å². The number of aryl methyl sites for hydroxylation is 2. The van der Waals surface area contributed by atoms with Crippen LogP contribution in [-0.2, 0) is 12.8 Å². The van der Waals surface area contributed by atoms with Gasteiger partial charge in [-0.05, 0) is 49.6 Å². The fraction of sp³-hybridized carbons (Fsp3) is 0.176. The first-order valence-electron chi connectivity index (χ1n) is 7.25. The van der Waals surface area contributed by atoms with Gasteiger partial charge in [0.1, 0.15) is 10.7 Å². The number of thiophene rings is 1. The fourth-order valence-corrected chi connectivity index (χ4v) is 4.28. The molecule has 1 N–H and O–H groups in total. The Kier molecular flexibility index (Phi) is 3.09. The molecule has 0 amide bonds. The van der Waals surface area contributed by atoms with Crippen LogP contribution in [0.5, 0.6) is 0 Å². The van der Waals surface area contributed by atoms with Gasteiger partial charge in [0, 0.05) is 10.4 Å². The fourth-order valence-electron chi connectivity index (χ4n) is 3.11. The quantitative estimate of drug-likeness (QED) is 0.777. The number of aromatic nitrogens is 2. The van der Waals surface area contributed by atoms with Gasteiger partial charge in [0.2, 0.25) is 0 Å². The highest BCUT2D eigenvalue weighted by Gasteiger charge is 2.27. The lowest BCUT2D eigenvalue weighted by Gasteiger charge is -2.15. The molecule has 6 heteroatoms. The minimum absolute atomic E-state index is 0.301. The second kappa shape index (κ2) is 5.03. The first-order chi connectivity index (χ1) is 11.0. The lowest BCUT2D eigenvalue weighted by atomic mass is 9.95. The summed E-state index contributed by atoms with van der Waals surface area (Å²) in [6.07, 6.45) is 1.53. The maximum atomic E-state index is 13.5. The van der Waals surface area contributed by atoms with Gasteiger partial charge in [0.15, 0.2) is 0 Å². The standard InChI is InChI=1S/C17H13FN2O2S/c1-9-15-13(20(19-9)12-4-2-3-11(18)8-12)6-5-10-7-14(17(21)22)23-16(10)15/h2-4,7-8H,5-6H2,1H3,(H,21,22). The summed E-state index contributed by atoms with van der Waals surface area (Å²) in [5.74, 6) is -1.20. The summed E-state index contributed by atoms with van der Waals surface area (Å²) in [5, 5.41) is 13.8. The van der Waals surface area contributed by atoms with Crippen LogP contribution in [0.2, 0.25) is 0 Å². The first kappa shape index (κ1) is 14.1. The zero-order valence-electron chi connectivity index (χ0n) is 12.3. The van der Waals surface area contributed by atoms with Gasteiger partial charge in [-0.25, -0.2) is 13.9 Å². The van der Waals surface area contributed by atoms with Crippen LogP contribution < -0.4 is 0 Å². The van der Waals surface area contributed by atoms with Crippen molar-refractivity contribution in [3.63, 3.8) is 0 Å². The molecule has 0 spiro atoms. The lowest BCUT2D eigenvalue weighted by molar-refractivity contribution is 0.0702. The summed E-state index contributed by atoms with van der Waals surface area (Å²) in [4.78, 5) is 12.6. The Morgan fingerprint density at radius 2 is 2.17 bits per heavy atom. The number of halogens is 1. The number of carbonyl (C=O) groups is 1. The van der Waals surface area contributed by atoms with Crippen LogP contribution in [0.15, 0.2) is 30.3 Å². The maximum absolute atomic E-state index is 13.5. The number of nitrogens with zero attached hydrogens (tertiary/aromatic N) is 2. The summed E-state index contributed by atoms with van der Waals surface area (Å²) in [6.45, 7) is 1.91. The number of carboxylic acid groups (broad SMARTS) is 1. The van der Waals surface area contributed by atoms with Crippen molar-refractivity contribution in [1.82, 2.24) is 9.78 Å². The van der Waals surface area contributed by atoms with Crippen LogP contribution in [0.25, 0.3) is 16.1 Å². The van der Waals surface area contributed by atoms with Gasteiger partial charge in [0.05, 0.1) is 17.1 Å². The van der Waals surface area contributed by atoms with Crippen LogP contribution in [-0.4, -0.2) is 20.9 Å². The Morgan fingerprint density at radius 1 is 1.35 bits per heavy atom. The summed E-state index contributed by atoms with van der Waals surface area (Å²) in [7, 11) is 0. The van der Waals surface area contributed by atoms with Gasteiger partial charge >= 0.3 is 5.97 Å². The molecule has 1 aromatic carbocycles. The van der Waals surface area contributed by atoms with Crippen molar-refractivity contribution in [1.29, 1.82) is 0 Å². The molecule has 0 radical (unpaired) electrons. The minimum atomic E-state index is -0.902. The van der Waals surface area contributed by atoms with Crippen LogP contribution >= 0.6 is 11.3 Å². The van der Waals surface area contributed by atoms with Crippen LogP contribution in [0.1, 0.15) is 26.6 Å². The summed E-state index contributed by atoms with van der Waals surface area (Å²) in [5.41, 5.74) is 4.59. The van der Waals surface area contributed by atoms with Crippen molar-refractivity contribution in [2.45, 2.75) is 19.8 Å². The number of benzene rings is 1. The molecular formula is C17H13FN2O2S. The Balaban J connectivity index is 1.91. The molecule has 0 unspecified atom stereocenters. The highest BCUT2D eigenvalue weighted by Crippen LogP contribution is 2.42. The van der Waals surface area contributed by atoms with Gasteiger partial charge in [-0.1, -0.05) is 6.07 Å². The van der Waals surface area contributed by atoms with Crippen molar-refractivity contribution >= 4 is 17.3 Å². The van der Waals surface area contributed by atoms with E-state index in [1.807, 2.05) is 13.0 Å². The smallest absolute Gasteiger partial charge is 0.345 e. The molecule has 23 heavy (non-hydrogen) atoms.